The maximum absolute atomic E-state index is 2.40. The van der Waals surface area contributed by atoms with Crippen LogP contribution in [0.25, 0.3) is 66.1 Å². The van der Waals surface area contributed by atoms with Crippen molar-refractivity contribution >= 4 is 21.5 Å². The Bertz CT molecular complexity index is 2670. The second-order valence-electron chi connectivity index (χ2n) is 14.3. The summed E-state index contributed by atoms with van der Waals surface area (Å²) >= 11 is 0. The molecule has 0 heterocycles. The summed E-state index contributed by atoms with van der Waals surface area (Å²) in [7, 11) is 0. The number of fused-ring (bicyclic) bond motifs is 6. The standard InChI is InChI=1S/C24H18.C19H16.C11H10/c1-16-7-6-9-17(13-16)22-15-24-19-10-3-2-8-18(19)14-23(24)21-12-5-4-11-20(21)22;1-15-7-9-17(10-8-15)19-13-11-18(12-14-19)16-5-3-2-4-6-16;1-9-5-4-7-10-6-2-3-8-11(9)10/h2-13,15H,14H2,1H3;2-14H,1H3;2-8H,1H3. The van der Waals surface area contributed by atoms with E-state index in [9.17, 15) is 0 Å². The van der Waals surface area contributed by atoms with Crippen molar-refractivity contribution in [1.82, 2.24) is 0 Å². The lowest BCUT2D eigenvalue weighted by atomic mass is 9.91. The molecule has 0 amide bonds. The molecule has 0 fully saturated rings. The number of rotatable bonds is 3. The third-order valence-corrected chi connectivity index (χ3v) is 10.5. The van der Waals surface area contributed by atoms with Gasteiger partial charge in [0.2, 0.25) is 0 Å². The molecule has 0 heteroatoms. The van der Waals surface area contributed by atoms with E-state index in [0.717, 1.165) is 6.42 Å². The first-order chi connectivity index (χ1) is 26.5. The molecule has 0 radical (unpaired) electrons. The van der Waals surface area contributed by atoms with Gasteiger partial charge in [-0.05, 0) is 116 Å². The van der Waals surface area contributed by atoms with E-state index in [-0.39, 0.29) is 0 Å². The molecule has 10 rings (SSSR count). The van der Waals surface area contributed by atoms with Crippen molar-refractivity contribution < 1.29 is 0 Å². The fourth-order valence-electron chi connectivity index (χ4n) is 7.66. The van der Waals surface area contributed by atoms with Crippen LogP contribution in [0.4, 0.5) is 0 Å². The highest BCUT2D eigenvalue weighted by molar-refractivity contribution is 6.04. The van der Waals surface area contributed by atoms with Gasteiger partial charge in [0, 0.05) is 0 Å². The zero-order valence-electron chi connectivity index (χ0n) is 31.3. The molecular formula is C54H44. The molecule has 0 unspecified atom stereocenters. The lowest BCUT2D eigenvalue weighted by Crippen LogP contribution is -1.89. The Morgan fingerprint density at radius 1 is 0.315 bits per heavy atom. The Labute approximate surface area is 320 Å². The van der Waals surface area contributed by atoms with Crippen molar-refractivity contribution in [3.63, 3.8) is 0 Å². The molecule has 0 N–H and O–H groups in total. The molecule has 260 valence electrons. The second-order valence-corrected chi connectivity index (χ2v) is 14.3. The SMILES string of the molecule is Cc1ccc(-c2ccc(-c3ccccc3)cc2)cc1.Cc1cccc(-c2cc3c(c4ccccc24)Cc2ccccc2-3)c1.Cc1cccc2ccccc12. The topological polar surface area (TPSA) is 0 Å². The average Bonchev–Trinajstić information content (AvgIpc) is 3.61. The second kappa shape index (κ2) is 15.6. The van der Waals surface area contributed by atoms with Crippen molar-refractivity contribution in [3.8, 4) is 44.5 Å². The van der Waals surface area contributed by atoms with Crippen LogP contribution in [0.3, 0.4) is 0 Å². The van der Waals surface area contributed by atoms with Crippen molar-refractivity contribution in [1.29, 1.82) is 0 Å². The molecule has 1 aliphatic carbocycles. The van der Waals surface area contributed by atoms with Gasteiger partial charge in [-0.3, -0.25) is 0 Å². The molecule has 0 aromatic heterocycles. The van der Waals surface area contributed by atoms with Gasteiger partial charge in [0.15, 0.2) is 0 Å². The normalized spacial score (nSPS) is 11.2. The predicted molar refractivity (Wildman–Crippen MR) is 233 cm³/mol. The summed E-state index contributed by atoms with van der Waals surface area (Å²) in [5.41, 5.74) is 17.4. The number of hydrogen-bond donors (Lipinski definition) is 0. The molecule has 0 nitrogen and oxygen atoms in total. The lowest BCUT2D eigenvalue weighted by molar-refractivity contribution is 1.28. The summed E-state index contributed by atoms with van der Waals surface area (Å²) in [6, 6.07) is 71.6. The van der Waals surface area contributed by atoms with Gasteiger partial charge in [0.25, 0.3) is 0 Å². The summed E-state index contributed by atoms with van der Waals surface area (Å²) in [5.74, 6) is 0. The van der Waals surface area contributed by atoms with Crippen molar-refractivity contribution in [2.24, 2.45) is 0 Å². The number of hydrogen-bond acceptors (Lipinski definition) is 0. The minimum Gasteiger partial charge on any atom is -0.0622 e. The summed E-state index contributed by atoms with van der Waals surface area (Å²) in [6.45, 7) is 6.42. The smallest absolute Gasteiger partial charge is 0.000728 e. The Morgan fingerprint density at radius 2 is 0.852 bits per heavy atom. The van der Waals surface area contributed by atoms with Crippen LogP contribution < -0.4 is 0 Å². The molecule has 0 aliphatic heterocycles. The average molecular weight is 693 g/mol. The highest BCUT2D eigenvalue weighted by Crippen LogP contribution is 2.44. The molecule has 0 spiro atoms. The Hall–Kier alpha value is -6.50. The largest absolute Gasteiger partial charge is 0.0622 e. The van der Waals surface area contributed by atoms with E-state index in [4.69, 9.17) is 0 Å². The van der Waals surface area contributed by atoms with Crippen LogP contribution in [0.2, 0.25) is 0 Å². The highest BCUT2D eigenvalue weighted by Gasteiger charge is 2.22. The van der Waals surface area contributed by atoms with Crippen molar-refractivity contribution in [3.05, 3.63) is 228 Å². The van der Waals surface area contributed by atoms with Crippen molar-refractivity contribution in [2.45, 2.75) is 27.2 Å². The molecule has 9 aromatic rings. The molecule has 1 aliphatic rings. The summed E-state index contributed by atoms with van der Waals surface area (Å²) in [6.07, 6.45) is 1.04. The van der Waals surface area contributed by atoms with Crippen LogP contribution in [-0.2, 0) is 6.42 Å². The van der Waals surface area contributed by atoms with Gasteiger partial charge < -0.3 is 0 Å². The van der Waals surface area contributed by atoms with E-state index in [1.807, 2.05) is 6.07 Å². The van der Waals surface area contributed by atoms with Gasteiger partial charge in [0.1, 0.15) is 0 Å². The van der Waals surface area contributed by atoms with E-state index in [1.165, 1.54) is 93.9 Å². The minimum atomic E-state index is 1.04. The van der Waals surface area contributed by atoms with Gasteiger partial charge in [-0.2, -0.15) is 0 Å². The quantitative estimate of drug-likeness (QED) is 0.173. The van der Waals surface area contributed by atoms with Crippen LogP contribution in [0.15, 0.2) is 200 Å². The fourth-order valence-corrected chi connectivity index (χ4v) is 7.66. The van der Waals surface area contributed by atoms with Gasteiger partial charge in [-0.15, -0.1) is 0 Å². The number of aryl methyl sites for hydroxylation is 3. The maximum Gasteiger partial charge on any atom is -0.000728 e. The summed E-state index contributed by atoms with van der Waals surface area (Å²) in [4.78, 5) is 0. The first kappa shape index (κ1) is 34.6. The van der Waals surface area contributed by atoms with Gasteiger partial charge in [-0.1, -0.05) is 205 Å². The monoisotopic (exact) mass is 692 g/mol. The summed E-state index contributed by atoms with van der Waals surface area (Å²) < 4.78 is 0. The molecule has 0 saturated heterocycles. The van der Waals surface area contributed by atoms with Gasteiger partial charge in [0.05, 0.1) is 0 Å². The Kier molecular flexibility index (Phi) is 10.0. The maximum atomic E-state index is 2.40. The Balaban J connectivity index is 0.000000123. The molecule has 9 aromatic carbocycles. The third-order valence-electron chi connectivity index (χ3n) is 10.5. The van der Waals surface area contributed by atoms with E-state index in [1.54, 1.807) is 0 Å². The van der Waals surface area contributed by atoms with E-state index >= 15 is 0 Å². The summed E-state index contributed by atoms with van der Waals surface area (Å²) in [5, 5.41) is 5.43. The zero-order valence-corrected chi connectivity index (χ0v) is 31.3. The van der Waals surface area contributed by atoms with Gasteiger partial charge >= 0.3 is 0 Å². The van der Waals surface area contributed by atoms with E-state index < -0.39 is 0 Å². The van der Waals surface area contributed by atoms with Crippen LogP contribution in [0.1, 0.15) is 27.8 Å². The fraction of sp³-hybridized carbons (Fsp3) is 0.0741. The molecular weight excluding hydrogens is 649 g/mol. The van der Waals surface area contributed by atoms with E-state index in [0.29, 0.717) is 0 Å². The van der Waals surface area contributed by atoms with Crippen molar-refractivity contribution in [2.75, 3.05) is 0 Å². The first-order valence-electron chi connectivity index (χ1n) is 18.9. The first-order valence-corrected chi connectivity index (χ1v) is 18.9. The van der Waals surface area contributed by atoms with Gasteiger partial charge in [-0.25, -0.2) is 0 Å². The predicted octanol–water partition coefficient (Wildman–Crippen LogP) is 14.9. The lowest BCUT2D eigenvalue weighted by Gasteiger charge is -2.13. The molecule has 0 saturated carbocycles. The van der Waals surface area contributed by atoms with Crippen LogP contribution in [-0.4, -0.2) is 0 Å². The highest BCUT2D eigenvalue weighted by atomic mass is 14.3. The molecule has 54 heavy (non-hydrogen) atoms. The Morgan fingerprint density at radius 3 is 1.56 bits per heavy atom. The molecule has 0 bridgehead atoms. The third kappa shape index (κ3) is 7.38. The van der Waals surface area contributed by atoms with Crippen LogP contribution in [0, 0.1) is 20.8 Å². The van der Waals surface area contributed by atoms with Crippen LogP contribution in [0.5, 0.6) is 0 Å². The van der Waals surface area contributed by atoms with E-state index in [2.05, 4.69) is 215 Å². The zero-order chi connectivity index (χ0) is 36.9. The minimum absolute atomic E-state index is 1.04. The molecule has 0 atom stereocenters. The number of benzene rings is 9. The van der Waals surface area contributed by atoms with Crippen LogP contribution >= 0.6 is 0 Å².